The van der Waals surface area contributed by atoms with Crippen molar-refractivity contribution in [2.24, 2.45) is 0 Å². The largest absolute Gasteiger partial charge is 0.351 e. The third kappa shape index (κ3) is 2.51. The molecule has 5 rings (SSSR count). The molecule has 0 saturated heterocycles. The summed E-state index contributed by atoms with van der Waals surface area (Å²) in [5, 5.41) is 4.07. The lowest BCUT2D eigenvalue weighted by atomic mass is 9.85. The number of hydrogen-bond donors (Lipinski definition) is 1. The summed E-state index contributed by atoms with van der Waals surface area (Å²) < 4.78 is 13.4. The highest BCUT2D eigenvalue weighted by Crippen LogP contribution is 2.43. The Morgan fingerprint density at radius 2 is 1.96 bits per heavy atom. The number of carbonyl (C=O) groups excluding carboxylic acids is 1. The van der Waals surface area contributed by atoms with Gasteiger partial charge >= 0.3 is 0 Å². The highest BCUT2D eigenvalue weighted by atomic mass is 19.1. The van der Waals surface area contributed by atoms with E-state index in [4.69, 9.17) is 0 Å². The predicted octanol–water partition coefficient (Wildman–Crippen LogP) is 2.83. The van der Waals surface area contributed by atoms with Crippen molar-refractivity contribution >= 4 is 28.6 Å². The third-order valence-corrected chi connectivity index (χ3v) is 5.61. The number of carbonyl (C=O) groups is 1. The summed E-state index contributed by atoms with van der Waals surface area (Å²) in [6.45, 7) is 3.78. The van der Waals surface area contributed by atoms with Gasteiger partial charge in [0.15, 0.2) is 5.82 Å². The number of rotatable bonds is 3. The molecule has 2 aliphatic rings. The molecule has 8 heteroatoms. The summed E-state index contributed by atoms with van der Waals surface area (Å²) in [6.07, 6.45) is 6.46. The maximum atomic E-state index is 13.4. The average Bonchev–Trinajstić information content (AvgIpc) is 2.84. The van der Waals surface area contributed by atoms with Crippen molar-refractivity contribution < 1.29 is 9.18 Å². The molecule has 0 radical (unpaired) electrons. The SMILES string of the molecule is CC1(C)C(=O)N([C@H]2C[C@H](Nc3ncc4ccc(F)cc4n3)C2)c2nccnc21. The van der Waals surface area contributed by atoms with E-state index in [1.165, 1.54) is 12.1 Å². The lowest BCUT2D eigenvalue weighted by molar-refractivity contribution is -0.123. The van der Waals surface area contributed by atoms with Crippen molar-refractivity contribution in [2.45, 2.75) is 44.2 Å². The molecule has 0 unspecified atom stereocenters. The van der Waals surface area contributed by atoms with E-state index in [1.54, 1.807) is 29.6 Å². The van der Waals surface area contributed by atoms with Crippen LogP contribution in [0.1, 0.15) is 32.4 Å². The normalized spacial score (nSPS) is 22.8. The zero-order valence-corrected chi connectivity index (χ0v) is 15.6. The van der Waals surface area contributed by atoms with Gasteiger partial charge in [-0.25, -0.2) is 19.3 Å². The van der Waals surface area contributed by atoms with Gasteiger partial charge in [0.25, 0.3) is 0 Å². The first kappa shape index (κ1) is 17.0. The molecule has 3 aromatic rings. The fourth-order valence-electron chi connectivity index (χ4n) is 3.95. The minimum absolute atomic E-state index is 0.0366. The lowest BCUT2D eigenvalue weighted by Gasteiger charge is -2.41. The topological polar surface area (TPSA) is 83.9 Å². The molecule has 0 spiro atoms. The molecule has 3 heterocycles. The monoisotopic (exact) mass is 378 g/mol. The standard InChI is InChI=1S/C20H19FN6O/c1-20(2)16-17(23-6-5-22-16)27(18(20)28)14-8-13(9-14)25-19-24-10-11-3-4-12(21)7-15(11)26-19/h3-7,10,13-14H,8-9H2,1-2H3,(H,24,25,26)/t13-,14-. The molecular formula is C20H19FN6O. The van der Waals surface area contributed by atoms with E-state index in [1.807, 2.05) is 13.8 Å². The van der Waals surface area contributed by atoms with Gasteiger partial charge in [-0.1, -0.05) is 0 Å². The van der Waals surface area contributed by atoms with E-state index in [0.717, 1.165) is 23.9 Å². The quantitative estimate of drug-likeness (QED) is 0.755. The predicted molar refractivity (Wildman–Crippen MR) is 102 cm³/mol. The first-order valence-electron chi connectivity index (χ1n) is 9.27. The number of hydrogen-bond acceptors (Lipinski definition) is 6. The highest BCUT2D eigenvalue weighted by Gasteiger charge is 2.51. The van der Waals surface area contributed by atoms with Gasteiger partial charge in [-0.15, -0.1) is 0 Å². The number of benzene rings is 1. The Balaban J connectivity index is 1.31. The Labute approximate surface area is 161 Å². The smallest absolute Gasteiger partial charge is 0.240 e. The van der Waals surface area contributed by atoms with Crippen LogP contribution in [-0.2, 0) is 10.2 Å². The van der Waals surface area contributed by atoms with Crippen LogP contribution in [0.15, 0.2) is 36.8 Å². The molecule has 1 N–H and O–H groups in total. The van der Waals surface area contributed by atoms with Crippen molar-refractivity contribution in [3.63, 3.8) is 0 Å². The molecular weight excluding hydrogens is 359 g/mol. The van der Waals surface area contributed by atoms with Crippen LogP contribution >= 0.6 is 0 Å². The minimum Gasteiger partial charge on any atom is -0.351 e. The molecule has 7 nitrogen and oxygen atoms in total. The number of fused-ring (bicyclic) bond motifs is 2. The van der Waals surface area contributed by atoms with E-state index in [9.17, 15) is 9.18 Å². The maximum Gasteiger partial charge on any atom is 0.240 e. The van der Waals surface area contributed by atoms with Gasteiger partial charge in [0.2, 0.25) is 11.9 Å². The van der Waals surface area contributed by atoms with Gasteiger partial charge in [-0.05, 0) is 38.8 Å². The molecule has 0 bridgehead atoms. The van der Waals surface area contributed by atoms with E-state index in [2.05, 4.69) is 25.3 Å². The Morgan fingerprint density at radius 3 is 2.79 bits per heavy atom. The minimum atomic E-state index is -0.659. The molecule has 1 aliphatic heterocycles. The van der Waals surface area contributed by atoms with Gasteiger partial charge < -0.3 is 5.32 Å². The van der Waals surface area contributed by atoms with Gasteiger partial charge in [0.1, 0.15) is 5.82 Å². The average molecular weight is 378 g/mol. The molecule has 1 saturated carbocycles. The van der Waals surface area contributed by atoms with Crippen LogP contribution in [-0.4, -0.2) is 37.9 Å². The van der Waals surface area contributed by atoms with Crippen molar-refractivity contribution in [3.05, 3.63) is 48.3 Å². The number of halogens is 1. The van der Waals surface area contributed by atoms with Crippen LogP contribution in [0, 0.1) is 5.82 Å². The van der Waals surface area contributed by atoms with E-state index >= 15 is 0 Å². The van der Waals surface area contributed by atoms with Gasteiger partial charge in [0.05, 0.1) is 16.6 Å². The highest BCUT2D eigenvalue weighted by molar-refractivity contribution is 6.06. The Kier molecular flexibility index (Phi) is 3.59. The zero-order valence-electron chi connectivity index (χ0n) is 15.6. The number of nitrogens with one attached hydrogen (secondary N) is 1. The number of amides is 1. The maximum absolute atomic E-state index is 13.4. The van der Waals surface area contributed by atoms with Gasteiger partial charge in [-0.2, -0.15) is 0 Å². The van der Waals surface area contributed by atoms with Crippen LogP contribution in [0.2, 0.25) is 0 Å². The number of anilines is 2. The van der Waals surface area contributed by atoms with Crippen LogP contribution in [0.3, 0.4) is 0 Å². The molecule has 1 aliphatic carbocycles. The fourth-order valence-corrected chi connectivity index (χ4v) is 3.95. The Morgan fingerprint density at radius 1 is 1.18 bits per heavy atom. The fraction of sp³-hybridized carbons (Fsp3) is 0.350. The summed E-state index contributed by atoms with van der Waals surface area (Å²) in [4.78, 5) is 32.2. The summed E-state index contributed by atoms with van der Waals surface area (Å²) in [5.74, 6) is 0.846. The van der Waals surface area contributed by atoms with Crippen LogP contribution in [0.5, 0.6) is 0 Å². The molecule has 1 fully saturated rings. The van der Waals surface area contributed by atoms with Crippen LogP contribution in [0.4, 0.5) is 16.2 Å². The Hall–Kier alpha value is -3.16. The lowest BCUT2D eigenvalue weighted by Crippen LogP contribution is -2.53. The first-order chi connectivity index (χ1) is 13.4. The second kappa shape index (κ2) is 5.92. The van der Waals surface area contributed by atoms with Crippen molar-refractivity contribution in [3.8, 4) is 0 Å². The van der Waals surface area contributed by atoms with Gasteiger partial charge in [-0.3, -0.25) is 14.7 Å². The summed E-state index contributed by atoms with van der Waals surface area (Å²) in [7, 11) is 0. The Bertz CT molecular complexity index is 1100. The molecule has 28 heavy (non-hydrogen) atoms. The number of nitrogens with zero attached hydrogens (tertiary/aromatic N) is 5. The number of aromatic nitrogens is 4. The second-order valence-electron chi connectivity index (χ2n) is 7.89. The van der Waals surface area contributed by atoms with Crippen LogP contribution in [0.25, 0.3) is 10.9 Å². The third-order valence-electron chi connectivity index (χ3n) is 5.61. The van der Waals surface area contributed by atoms with Crippen LogP contribution < -0.4 is 10.2 Å². The summed E-state index contributed by atoms with van der Waals surface area (Å²) in [5.41, 5.74) is 0.638. The molecule has 0 atom stereocenters. The molecule has 1 aromatic carbocycles. The van der Waals surface area contributed by atoms with Crippen molar-refractivity contribution in [1.29, 1.82) is 0 Å². The van der Waals surface area contributed by atoms with Crippen molar-refractivity contribution in [2.75, 3.05) is 10.2 Å². The molecule has 142 valence electrons. The van der Waals surface area contributed by atoms with E-state index in [0.29, 0.717) is 17.3 Å². The zero-order chi connectivity index (χ0) is 19.5. The van der Waals surface area contributed by atoms with Crippen molar-refractivity contribution in [1.82, 2.24) is 19.9 Å². The van der Waals surface area contributed by atoms with E-state index in [-0.39, 0.29) is 23.8 Å². The van der Waals surface area contributed by atoms with Gasteiger partial charge in [0, 0.05) is 42.1 Å². The molecule has 2 aromatic heterocycles. The molecule has 1 amide bonds. The summed E-state index contributed by atoms with van der Waals surface area (Å²) >= 11 is 0. The first-order valence-corrected chi connectivity index (χ1v) is 9.27. The van der Waals surface area contributed by atoms with E-state index < -0.39 is 5.41 Å². The second-order valence-corrected chi connectivity index (χ2v) is 7.89. The summed E-state index contributed by atoms with van der Waals surface area (Å²) in [6, 6.07) is 4.66.